The summed E-state index contributed by atoms with van der Waals surface area (Å²) in [5, 5.41) is 6.30. The van der Waals surface area contributed by atoms with Crippen LogP contribution in [0.15, 0.2) is 29.8 Å². The number of halogens is 1. The molecule has 0 saturated heterocycles. The molecule has 0 aromatic heterocycles. The molecule has 0 unspecified atom stereocenters. The Morgan fingerprint density at radius 1 is 1.14 bits per heavy atom. The molecule has 2 N–H and O–H groups in total. The van der Waals surface area contributed by atoms with Crippen molar-refractivity contribution in [3.63, 3.8) is 0 Å². The maximum absolute atomic E-state index is 5.40. The van der Waals surface area contributed by atoms with Gasteiger partial charge in [0, 0.05) is 25.7 Å². The van der Waals surface area contributed by atoms with Crippen LogP contribution in [0, 0.1) is 0 Å². The Labute approximate surface area is 149 Å². The number of hydrogen-bond acceptors (Lipinski definition) is 4. The summed E-state index contributed by atoms with van der Waals surface area (Å²) in [5.41, 5.74) is 0.891. The molecule has 0 aliphatic heterocycles. The third kappa shape index (κ3) is 5.63. The maximum Gasteiger partial charge on any atom is 0.191 e. The third-order valence-corrected chi connectivity index (χ3v) is 2.89. The monoisotopic (exact) mass is 421 g/mol. The predicted molar refractivity (Wildman–Crippen MR) is 99.9 cm³/mol. The Balaban J connectivity index is 0.00000441. The summed E-state index contributed by atoms with van der Waals surface area (Å²) >= 11 is 0. The fourth-order valence-corrected chi connectivity index (χ4v) is 1.81. The van der Waals surface area contributed by atoms with E-state index in [0.29, 0.717) is 36.3 Å². The van der Waals surface area contributed by atoms with E-state index < -0.39 is 0 Å². The molecular formula is C15H24IN3O3. The van der Waals surface area contributed by atoms with Crippen molar-refractivity contribution in [3.8, 4) is 17.2 Å². The van der Waals surface area contributed by atoms with Crippen molar-refractivity contribution < 1.29 is 14.2 Å². The molecule has 1 rings (SSSR count). The van der Waals surface area contributed by atoms with E-state index in [1.807, 2.05) is 12.1 Å². The molecule has 0 aliphatic carbocycles. The van der Waals surface area contributed by atoms with E-state index in [9.17, 15) is 0 Å². The van der Waals surface area contributed by atoms with Crippen molar-refractivity contribution in [1.29, 1.82) is 0 Å². The van der Waals surface area contributed by atoms with Crippen molar-refractivity contribution in [2.24, 2.45) is 4.99 Å². The molecule has 0 aliphatic rings. The van der Waals surface area contributed by atoms with Gasteiger partial charge in [-0.25, -0.2) is 0 Å². The normalized spacial score (nSPS) is 10.3. The predicted octanol–water partition coefficient (Wildman–Crippen LogP) is 2.18. The number of guanidine groups is 1. The number of benzene rings is 1. The van der Waals surface area contributed by atoms with Crippen LogP contribution in [0.1, 0.15) is 5.56 Å². The molecule has 0 spiro atoms. The van der Waals surface area contributed by atoms with E-state index in [1.54, 1.807) is 34.5 Å². The minimum absolute atomic E-state index is 0. The second-order valence-corrected chi connectivity index (χ2v) is 4.11. The Kier molecular flexibility index (Phi) is 10.2. The first-order valence-corrected chi connectivity index (χ1v) is 6.54. The zero-order valence-electron chi connectivity index (χ0n) is 13.4. The lowest BCUT2D eigenvalue weighted by Gasteiger charge is -2.17. The second-order valence-electron chi connectivity index (χ2n) is 4.11. The van der Waals surface area contributed by atoms with Crippen LogP contribution in [0.2, 0.25) is 0 Å². The van der Waals surface area contributed by atoms with Crippen LogP contribution in [-0.2, 0) is 6.54 Å². The highest BCUT2D eigenvalue weighted by Crippen LogP contribution is 2.33. The summed E-state index contributed by atoms with van der Waals surface area (Å²) < 4.78 is 16.0. The summed E-state index contributed by atoms with van der Waals surface area (Å²) in [5.74, 6) is 2.74. The minimum atomic E-state index is 0. The van der Waals surface area contributed by atoms with Crippen molar-refractivity contribution >= 4 is 29.9 Å². The summed E-state index contributed by atoms with van der Waals surface area (Å²) in [6, 6.07) is 3.64. The third-order valence-electron chi connectivity index (χ3n) is 2.89. The number of aliphatic imine (C=N–C) groups is 1. The lowest BCUT2D eigenvalue weighted by Crippen LogP contribution is -2.36. The molecule has 0 atom stereocenters. The Morgan fingerprint density at radius 2 is 1.73 bits per heavy atom. The van der Waals surface area contributed by atoms with Gasteiger partial charge in [-0.1, -0.05) is 6.08 Å². The van der Waals surface area contributed by atoms with Crippen LogP contribution in [-0.4, -0.2) is 40.9 Å². The van der Waals surface area contributed by atoms with Gasteiger partial charge in [0.2, 0.25) is 0 Å². The molecule has 1 aromatic rings. The Hall–Kier alpha value is -1.64. The number of nitrogens with zero attached hydrogens (tertiary/aromatic N) is 1. The van der Waals surface area contributed by atoms with Crippen LogP contribution in [0.5, 0.6) is 17.2 Å². The lowest BCUT2D eigenvalue weighted by molar-refractivity contribution is 0.368. The van der Waals surface area contributed by atoms with E-state index in [-0.39, 0.29) is 24.0 Å². The Morgan fingerprint density at radius 3 is 2.14 bits per heavy atom. The van der Waals surface area contributed by atoms with Gasteiger partial charge in [0.05, 0.1) is 33.4 Å². The second kappa shape index (κ2) is 11.0. The molecule has 0 amide bonds. The smallest absolute Gasteiger partial charge is 0.191 e. The van der Waals surface area contributed by atoms with E-state index in [0.717, 1.165) is 5.56 Å². The molecular weight excluding hydrogens is 397 g/mol. The van der Waals surface area contributed by atoms with E-state index in [4.69, 9.17) is 14.2 Å². The average molecular weight is 421 g/mol. The van der Waals surface area contributed by atoms with Crippen LogP contribution in [0.25, 0.3) is 0 Å². The lowest BCUT2D eigenvalue weighted by atomic mass is 10.1. The summed E-state index contributed by atoms with van der Waals surface area (Å²) in [6.45, 7) is 4.80. The summed E-state index contributed by atoms with van der Waals surface area (Å²) in [4.78, 5) is 4.13. The number of ether oxygens (including phenoxy) is 3. The SMILES string of the molecule is C=CCNC(=NC)NCc1c(OC)cc(OC)cc1OC.I. The fourth-order valence-electron chi connectivity index (χ4n) is 1.81. The molecule has 0 saturated carbocycles. The average Bonchev–Trinajstić information content (AvgIpc) is 2.54. The first-order valence-electron chi connectivity index (χ1n) is 6.54. The maximum atomic E-state index is 5.40. The van der Waals surface area contributed by atoms with E-state index >= 15 is 0 Å². The van der Waals surface area contributed by atoms with Gasteiger partial charge in [0.15, 0.2) is 5.96 Å². The standard InChI is InChI=1S/C15H23N3O3.HI/c1-6-7-17-15(16-2)18-10-12-13(20-4)8-11(19-3)9-14(12)21-5;/h6,8-9H,1,7,10H2,2-5H3,(H2,16,17,18);1H. The topological polar surface area (TPSA) is 64.1 Å². The van der Waals surface area contributed by atoms with Crippen LogP contribution < -0.4 is 24.8 Å². The molecule has 22 heavy (non-hydrogen) atoms. The summed E-state index contributed by atoms with van der Waals surface area (Å²) in [7, 11) is 6.54. The summed E-state index contributed by atoms with van der Waals surface area (Å²) in [6.07, 6.45) is 1.77. The molecule has 0 fully saturated rings. The first-order chi connectivity index (χ1) is 10.2. The van der Waals surface area contributed by atoms with Crippen LogP contribution in [0.4, 0.5) is 0 Å². The molecule has 0 heterocycles. The molecule has 6 nitrogen and oxygen atoms in total. The largest absolute Gasteiger partial charge is 0.496 e. The molecule has 0 bridgehead atoms. The van der Waals surface area contributed by atoms with Gasteiger partial charge < -0.3 is 24.8 Å². The highest BCUT2D eigenvalue weighted by atomic mass is 127. The van der Waals surface area contributed by atoms with Gasteiger partial charge in [-0.05, 0) is 0 Å². The van der Waals surface area contributed by atoms with Crippen molar-refractivity contribution in [3.05, 3.63) is 30.4 Å². The number of rotatable bonds is 7. The van der Waals surface area contributed by atoms with Crippen molar-refractivity contribution in [1.82, 2.24) is 10.6 Å². The molecule has 7 heteroatoms. The number of nitrogens with one attached hydrogen (secondary N) is 2. The van der Waals surface area contributed by atoms with E-state index in [1.165, 1.54) is 0 Å². The number of methoxy groups -OCH3 is 3. The molecule has 124 valence electrons. The first kappa shape index (κ1) is 20.4. The van der Waals surface area contributed by atoms with Crippen molar-refractivity contribution in [2.45, 2.75) is 6.54 Å². The fraction of sp³-hybridized carbons (Fsp3) is 0.400. The highest BCUT2D eigenvalue weighted by Gasteiger charge is 2.13. The zero-order valence-corrected chi connectivity index (χ0v) is 15.8. The minimum Gasteiger partial charge on any atom is -0.496 e. The molecule has 1 aromatic carbocycles. The van der Waals surface area contributed by atoms with Gasteiger partial charge in [-0.2, -0.15) is 0 Å². The molecule has 0 radical (unpaired) electrons. The van der Waals surface area contributed by atoms with Gasteiger partial charge in [0.1, 0.15) is 17.2 Å². The number of hydrogen-bond donors (Lipinski definition) is 2. The van der Waals surface area contributed by atoms with Crippen LogP contribution >= 0.6 is 24.0 Å². The van der Waals surface area contributed by atoms with Gasteiger partial charge in [-0.15, -0.1) is 30.6 Å². The van der Waals surface area contributed by atoms with Gasteiger partial charge in [-0.3, -0.25) is 4.99 Å². The quantitative estimate of drug-likeness (QED) is 0.306. The van der Waals surface area contributed by atoms with Gasteiger partial charge >= 0.3 is 0 Å². The highest BCUT2D eigenvalue weighted by molar-refractivity contribution is 14.0. The van der Waals surface area contributed by atoms with Crippen molar-refractivity contribution in [2.75, 3.05) is 34.9 Å². The van der Waals surface area contributed by atoms with Crippen LogP contribution in [0.3, 0.4) is 0 Å². The van der Waals surface area contributed by atoms with Gasteiger partial charge in [0.25, 0.3) is 0 Å². The Bertz CT molecular complexity index is 482. The zero-order chi connectivity index (χ0) is 15.7. The van der Waals surface area contributed by atoms with E-state index in [2.05, 4.69) is 22.2 Å².